The lowest BCUT2D eigenvalue weighted by atomic mass is 10.2. The van der Waals surface area contributed by atoms with E-state index >= 15 is 0 Å². The number of halogens is 1. The number of amides is 1. The van der Waals surface area contributed by atoms with Crippen molar-refractivity contribution in [1.29, 1.82) is 0 Å². The first-order valence-corrected chi connectivity index (χ1v) is 10.9. The topological polar surface area (TPSA) is 154 Å². The molecule has 1 amide bonds. The highest BCUT2D eigenvalue weighted by Crippen LogP contribution is 2.19. The molecule has 0 saturated carbocycles. The number of likely N-dealkylation sites (N-methyl/N-ethyl adjacent to an activating group) is 1. The maximum Gasteiger partial charge on any atom is 0.369 e. The molecule has 0 aliphatic carbocycles. The van der Waals surface area contributed by atoms with Crippen LogP contribution in [0.15, 0.2) is 69.0 Å². The average Bonchev–Trinajstić information content (AvgIpc) is 3.19. The van der Waals surface area contributed by atoms with Crippen molar-refractivity contribution in [1.82, 2.24) is 29.3 Å². The van der Waals surface area contributed by atoms with Crippen LogP contribution in [0.1, 0.15) is 12.5 Å². The summed E-state index contributed by atoms with van der Waals surface area (Å²) in [4.78, 5) is 54.3. The Balaban J connectivity index is 1.67. The molecule has 0 saturated heterocycles. The molecule has 12 nitrogen and oxygen atoms in total. The fourth-order valence-corrected chi connectivity index (χ4v) is 3.80. The van der Waals surface area contributed by atoms with E-state index in [1.165, 1.54) is 4.57 Å². The van der Waals surface area contributed by atoms with E-state index in [1.807, 2.05) is 6.07 Å². The fourth-order valence-electron chi connectivity index (χ4n) is 3.58. The molecule has 2 heterocycles. The first-order valence-electron chi connectivity index (χ1n) is 10.6. The number of carbonyl (C=O) groups excluding carboxylic acids is 1. The maximum absolute atomic E-state index is 13.1. The van der Waals surface area contributed by atoms with Gasteiger partial charge in [0.05, 0.1) is 17.3 Å². The Morgan fingerprint density at radius 1 is 1.06 bits per heavy atom. The molecule has 0 unspecified atom stereocenters. The lowest BCUT2D eigenvalue weighted by Crippen LogP contribution is -2.43. The number of nitrogen functional groups attached to an aromatic ring is 1. The van der Waals surface area contributed by atoms with E-state index < -0.39 is 29.4 Å². The standard InChI is InChI=1S/C22H21ClN8O4/c1-2-28(17(32)13-30-22(35)31(27-26-30)16-11-7-6-10-15(16)23)18-19(24)29(21(34)25-20(18)33)12-14-8-4-3-5-9-14/h3-11H,2,12-13,24H2,1H3,(H,25,33,34). The van der Waals surface area contributed by atoms with Crippen LogP contribution in [0.25, 0.3) is 5.69 Å². The van der Waals surface area contributed by atoms with Gasteiger partial charge < -0.3 is 10.6 Å². The van der Waals surface area contributed by atoms with E-state index in [-0.39, 0.29) is 29.6 Å². The van der Waals surface area contributed by atoms with Crippen molar-refractivity contribution in [2.24, 2.45) is 0 Å². The van der Waals surface area contributed by atoms with E-state index in [0.29, 0.717) is 5.69 Å². The number of hydrogen-bond donors (Lipinski definition) is 2. The molecule has 3 N–H and O–H groups in total. The Morgan fingerprint density at radius 2 is 1.74 bits per heavy atom. The van der Waals surface area contributed by atoms with E-state index in [0.717, 1.165) is 19.8 Å². The van der Waals surface area contributed by atoms with Gasteiger partial charge in [0.15, 0.2) is 5.69 Å². The van der Waals surface area contributed by atoms with Gasteiger partial charge in [-0.1, -0.05) is 54.1 Å². The molecule has 0 aliphatic rings. The molecule has 0 spiro atoms. The summed E-state index contributed by atoms with van der Waals surface area (Å²) in [5.74, 6) is -0.826. The van der Waals surface area contributed by atoms with Gasteiger partial charge in [0.2, 0.25) is 5.91 Å². The normalized spacial score (nSPS) is 10.9. The van der Waals surface area contributed by atoms with Crippen LogP contribution in [-0.2, 0) is 17.9 Å². The highest BCUT2D eigenvalue weighted by atomic mass is 35.5. The second-order valence-corrected chi connectivity index (χ2v) is 7.89. The molecule has 4 aromatic rings. The summed E-state index contributed by atoms with van der Waals surface area (Å²) in [5.41, 5.74) is 4.86. The minimum Gasteiger partial charge on any atom is -0.383 e. The smallest absolute Gasteiger partial charge is 0.369 e. The van der Waals surface area contributed by atoms with Crippen molar-refractivity contribution >= 4 is 29.0 Å². The van der Waals surface area contributed by atoms with E-state index in [2.05, 4.69) is 15.4 Å². The lowest BCUT2D eigenvalue weighted by molar-refractivity contribution is -0.119. The fraction of sp³-hybridized carbons (Fsp3) is 0.182. The molecular formula is C22H21ClN8O4. The Bertz CT molecular complexity index is 1550. The quantitative estimate of drug-likeness (QED) is 0.380. The monoisotopic (exact) mass is 496 g/mol. The number of carbonyl (C=O) groups is 1. The first-order chi connectivity index (χ1) is 16.8. The Kier molecular flexibility index (Phi) is 6.64. The summed E-state index contributed by atoms with van der Waals surface area (Å²) in [5, 5.41) is 7.82. The van der Waals surface area contributed by atoms with Crippen molar-refractivity contribution in [3.8, 4) is 5.69 Å². The van der Waals surface area contributed by atoms with Crippen LogP contribution in [0.3, 0.4) is 0 Å². The van der Waals surface area contributed by atoms with Crippen LogP contribution < -0.4 is 27.6 Å². The van der Waals surface area contributed by atoms with Crippen LogP contribution >= 0.6 is 11.6 Å². The predicted molar refractivity (Wildman–Crippen MR) is 130 cm³/mol. The third kappa shape index (κ3) is 4.64. The van der Waals surface area contributed by atoms with Crippen LogP contribution in [-0.4, -0.2) is 41.8 Å². The molecule has 0 fully saturated rings. The summed E-state index contributed by atoms with van der Waals surface area (Å²) in [6.07, 6.45) is 0. The van der Waals surface area contributed by atoms with Gasteiger partial charge in [0, 0.05) is 6.54 Å². The van der Waals surface area contributed by atoms with Gasteiger partial charge in [0.1, 0.15) is 12.4 Å². The second kappa shape index (κ2) is 9.81. The number of aromatic amines is 1. The molecule has 0 bridgehead atoms. The minimum absolute atomic E-state index is 0.0447. The number of hydrogen-bond acceptors (Lipinski definition) is 7. The third-order valence-corrected chi connectivity index (χ3v) is 5.61. The summed E-state index contributed by atoms with van der Waals surface area (Å²) in [7, 11) is 0. The van der Waals surface area contributed by atoms with Gasteiger partial charge in [-0.25, -0.2) is 9.59 Å². The number of aromatic nitrogens is 6. The van der Waals surface area contributed by atoms with Gasteiger partial charge in [0.25, 0.3) is 5.56 Å². The number of benzene rings is 2. The lowest BCUT2D eigenvalue weighted by Gasteiger charge is -2.23. The average molecular weight is 497 g/mol. The van der Waals surface area contributed by atoms with E-state index in [9.17, 15) is 19.2 Å². The molecule has 2 aromatic carbocycles. The third-order valence-electron chi connectivity index (χ3n) is 5.29. The van der Waals surface area contributed by atoms with Crippen molar-refractivity contribution in [2.75, 3.05) is 17.2 Å². The van der Waals surface area contributed by atoms with Crippen molar-refractivity contribution < 1.29 is 4.79 Å². The molecule has 35 heavy (non-hydrogen) atoms. The summed E-state index contributed by atoms with van der Waals surface area (Å²) in [6.45, 7) is 1.25. The Labute approximate surface area is 202 Å². The Morgan fingerprint density at radius 3 is 2.43 bits per heavy atom. The largest absolute Gasteiger partial charge is 0.383 e. The van der Waals surface area contributed by atoms with Crippen LogP contribution in [0, 0.1) is 0 Å². The van der Waals surface area contributed by atoms with Crippen LogP contribution in [0.4, 0.5) is 11.5 Å². The van der Waals surface area contributed by atoms with Crippen molar-refractivity contribution in [3.05, 3.63) is 96.5 Å². The predicted octanol–water partition coefficient (Wildman–Crippen LogP) is 0.616. The molecule has 2 aromatic heterocycles. The highest BCUT2D eigenvalue weighted by Gasteiger charge is 2.25. The van der Waals surface area contributed by atoms with Gasteiger partial charge in [-0.3, -0.25) is 19.1 Å². The molecule has 0 aliphatic heterocycles. The van der Waals surface area contributed by atoms with Crippen LogP contribution in [0.5, 0.6) is 0 Å². The molecular weight excluding hydrogens is 476 g/mol. The first kappa shape index (κ1) is 23.7. The van der Waals surface area contributed by atoms with E-state index in [1.54, 1.807) is 55.5 Å². The van der Waals surface area contributed by atoms with Crippen molar-refractivity contribution in [2.45, 2.75) is 20.0 Å². The van der Waals surface area contributed by atoms with Gasteiger partial charge in [-0.15, -0.1) is 0 Å². The number of nitrogens with zero attached hydrogens (tertiary/aromatic N) is 6. The zero-order chi connectivity index (χ0) is 25.1. The van der Waals surface area contributed by atoms with Crippen molar-refractivity contribution in [3.63, 3.8) is 0 Å². The number of anilines is 2. The summed E-state index contributed by atoms with van der Waals surface area (Å²) >= 11 is 6.13. The second-order valence-electron chi connectivity index (χ2n) is 7.49. The minimum atomic E-state index is -0.820. The van der Waals surface area contributed by atoms with Gasteiger partial charge >= 0.3 is 11.4 Å². The number of para-hydroxylation sites is 1. The highest BCUT2D eigenvalue weighted by molar-refractivity contribution is 6.32. The number of tetrazole rings is 1. The molecule has 180 valence electrons. The molecule has 4 rings (SSSR count). The number of H-pyrrole nitrogens is 1. The zero-order valence-electron chi connectivity index (χ0n) is 18.6. The van der Waals surface area contributed by atoms with Gasteiger partial charge in [-0.2, -0.15) is 9.36 Å². The van der Waals surface area contributed by atoms with E-state index in [4.69, 9.17) is 17.3 Å². The van der Waals surface area contributed by atoms with Gasteiger partial charge in [-0.05, 0) is 35.0 Å². The molecule has 13 heteroatoms. The maximum atomic E-state index is 13.1. The number of nitrogens with one attached hydrogen (secondary N) is 1. The zero-order valence-corrected chi connectivity index (χ0v) is 19.3. The number of nitrogens with two attached hydrogens (primary N) is 1. The molecule has 0 radical (unpaired) electrons. The summed E-state index contributed by atoms with van der Waals surface area (Å²) < 4.78 is 2.98. The Hall–Kier alpha value is -4.45. The van der Waals surface area contributed by atoms with Crippen LogP contribution in [0.2, 0.25) is 5.02 Å². The summed E-state index contributed by atoms with van der Waals surface area (Å²) in [6, 6.07) is 15.6. The SMILES string of the molecule is CCN(C(=O)Cn1nnn(-c2ccccc2Cl)c1=O)c1c(N)n(Cc2ccccc2)c(=O)[nH]c1=O. The number of rotatable bonds is 7. The molecule has 0 atom stereocenters.